The van der Waals surface area contributed by atoms with E-state index in [1.165, 1.54) is 16.7 Å². The number of benzene rings is 9. The summed E-state index contributed by atoms with van der Waals surface area (Å²) in [4.78, 5) is 74.5. The molecule has 9 aromatic carbocycles. The first-order valence-corrected chi connectivity index (χ1v) is 30.5. The van der Waals surface area contributed by atoms with Crippen LogP contribution in [0.25, 0.3) is 44.5 Å². The molecular weight excluding hydrogens is 1080 g/mol. The molecule has 2 aliphatic rings. The molecule has 4 atom stereocenters. The molecule has 0 aromatic heterocycles. The van der Waals surface area contributed by atoms with Gasteiger partial charge in [-0.2, -0.15) is 0 Å². The molecule has 11 rings (SSSR count). The summed E-state index contributed by atoms with van der Waals surface area (Å²) in [5, 5.41) is 13.0. The first-order valence-electron chi connectivity index (χ1n) is 30.5. The second-order valence-electron chi connectivity index (χ2n) is 22.9. The highest BCUT2D eigenvalue weighted by atomic mass is 16.2. The third kappa shape index (κ3) is 15.4. The molecule has 0 unspecified atom stereocenters. The topological polar surface area (TPSA) is 140 Å². The van der Waals surface area contributed by atoms with Crippen molar-refractivity contribution in [2.75, 3.05) is 58.9 Å². The van der Waals surface area contributed by atoms with Crippen molar-refractivity contribution in [3.05, 3.63) is 276 Å². The molecule has 87 heavy (non-hydrogen) atoms. The van der Waals surface area contributed by atoms with Crippen molar-refractivity contribution in [3.63, 3.8) is 0 Å². The molecule has 5 amide bonds. The number of rotatable bonds is 23. The average Bonchev–Trinajstić information content (AvgIpc) is 2.51. The van der Waals surface area contributed by atoms with Crippen molar-refractivity contribution in [1.29, 1.82) is 0 Å². The van der Waals surface area contributed by atoms with Crippen LogP contribution >= 0.6 is 0 Å². The number of likely N-dealkylation sites (tertiary alicyclic amines) is 2. The van der Waals surface area contributed by atoms with Gasteiger partial charge in [0.1, 0.15) is 0 Å². The molecule has 9 aromatic rings. The highest BCUT2D eigenvalue weighted by molar-refractivity contribution is 5.99. The molecule has 2 saturated heterocycles. The maximum atomic E-state index is 14.4. The summed E-state index contributed by atoms with van der Waals surface area (Å²) < 4.78 is 0. The summed E-state index contributed by atoms with van der Waals surface area (Å²) in [6.07, 6.45) is 2.68. The van der Waals surface area contributed by atoms with E-state index in [0.29, 0.717) is 69.7 Å². The van der Waals surface area contributed by atoms with E-state index in [4.69, 9.17) is 0 Å². The van der Waals surface area contributed by atoms with E-state index in [9.17, 15) is 24.0 Å². The van der Waals surface area contributed by atoms with Crippen LogP contribution in [0, 0.1) is 23.7 Å². The molecule has 0 bridgehead atoms. The van der Waals surface area contributed by atoms with Crippen LogP contribution in [-0.4, -0.2) is 98.2 Å². The fourth-order valence-corrected chi connectivity index (χ4v) is 12.0. The van der Waals surface area contributed by atoms with Gasteiger partial charge in [-0.15, -0.1) is 0 Å². The maximum absolute atomic E-state index is 14.4. The molecule has 0 saturated carbocycles. The Kier molecular flexibility index (Phi) is 19.6. The SMILES string of the molecule is O=C(NCCc1ccc(-c2ccccc2)cc1)[C@H]1CN(C(=O)c2ccc(C(=O)N3C[C@H](C(=O)NCCc4ccc(-c5ccccc5)cc4)[C@@H](C(=O)NCCc4ccc(-c5ccccc5)cc4)C3)cc2)C[C@@H]1CNCCc1ccc(-c2ccccc2)cc1. The van der Waals surface area contributed by atoms with Gasteiger partial charge in [-0.1, -0.05) is 218 Å². The Morgan fingerprint density at radius 3 is 0.885 bits per heavy atom. The van der Waals surface area contributed by atoms with Crippen LogP contribution in [0.15, 0.2) is 243 Å². The Labute approximate surface area is 510 Å². The zero-order valence-corrected chi connectivity index (χ0v) is 49.0. The summed E-state index contributed by atoms with van der Waals surface area (Å²) in [5.74, 6) is -3.32. The van der Waals surface area contributed by atoms with Crippen molar-refractivity contribution in [1.82, 2.24) is 31.1 Å². The van der Waals surface area contributed by atoms with Crippen LogP contribution in [0.2, 0.25) is 0 Å². The van der Waals surface area contributed by atoms with E-state index in [-0.39, 0.29) is 55.1 Å². The average molecular weight is 1150 g/mol. The van der Waals surface area contributed by atoms with Crippen molar-refractivity contribution < 1.29 is 24.0 Å². The van der Waals surface area contributed by atoms with Gasteiger partial charge >= 0.3 is 0 Å². The van der Waals surface area contributed by atoms with Gasteiger partial charge in [-0.3, -0.25) is 24.0 Å². The minimum atomic E-state index is -0.777. The Morgan fingerprint density at radius 2 is 0.563 bits per heavy atom. The Hall–Kier alpha value is -9.71. The second-order valence-corrected chi connectivity index (χ2v) is 22.9. The van der Waals surface area contributed by atoms with Gasteiger partial charge in [0.2, 0.25) is 17.7 Å². The summed E-state index contributed by atoms with van der Waals surface area (Å²) in [5.41, 5.74) is 14.3. The quantitative estimate of drug-likeness (QED) is 0.0470. The van der Waals surface area contributed by atoms with Crippen LogP contribution in [0.3, 0.4) is 0 Å². The third-order valence-corrected chi connectivity index (χ3v) is 17.1. The monoisotopic (exact) mass is 1150 g/mol. The first-order chi connectivity index (χ1) is 42.7. The molecule has 2 fully saturated rings. The number of hydrogen-bond donors (Lipinski definition) is 4. The minimum absolute atomic E-state index is 0.0594. The second kappa shape index (κ2) is 28.9. The Balaban J connectivity index is 0.723. The predicted molar refractivity (Wildman–Crippen MR) is 346 cm³/mol. The van der Waals surface area contributed by atoms with E-state index in [0.717, 1.165) is 56.5 Å². The zero-order chi connectivity index (χ0) is 59.7. The molecular formula is C76H74N6O5. The fraction of sp³-hybridized carbons (Fsp3) is 0.224. The number of hydrogen-bond acceptors (Lipinski definition) is 6. The lowest BCUT2D eigenvalue weighted by atomic mass is 9.94. The van der Waals surface area contributed by atoms with Crippen LogP contribution in [0.1, 0.15) is 43.0 Å². The van der Waals surface area contributed by atoms with Gasteiger partial charge in [0.15, 0.2) is 0 Å². The van der Waals surface area contributed by atoms with E-state index in [1.54, 1.807) is 34.1 Å². The maximum Gasteiger partial charge on any atom is 0.253 e. The van der Waals surface area contributed by atoms with Gasteiger partial charge in [0.25, 0.3) is 11.8 Å². The molecule has 11 heteroatoms. The highest BCUT2D eigenvalue weighted by Gasteiger charge is 2.44. The molecule has 0 radical (unpaired) electrons. The standard InChI is InChI=1S/C76H74N6O5/c83-72(78-46-42-55-23-31-63(32-24-55)59-15-7-2-8-16-59)69-51-81(50-68(69)49-77-45-41-54-21-29-62(30-22-54)58-13-5-1-6-14-58)75(86)66-37-39-67(40-38-66)76(87)82-52-70(73(84)79-47-43-56-25-33-64(34-26-56)60-17-9-3-10-18-60)71(53-82)74(85)80-48-44-57-27-35-65(36-28-57)61-19-11-4-12-20-61/h1-40,68-71,77H,41-53H2,(H,78,83)(H,79,84)(H,80,85)/t68-,69-,70-,71-/m0/s1. The zero-order valence-electron chi connectivity index (χ0n) is 49.0. The normalized spacial score (nSPS) is 16.3. The Bertz CT molecular complexity index is 3610. The summed E-state index contributed by atoms with van der Waals surface area (Å²) in [6, 6.07) is 81.1. The lowest BCUT2D eigenvalue weighted by Gasteiger charge is -2.18. The predicted octanol–water partition coefficient (Wildman–Crippen LogP) is 11.6. The molecule has 4 N–H and O–H groups in total. The van der Waals surface area contributed by atoms with Gasteiger partial charge in [-0.25, -0.2) is 0 Å². The van der Waals surface area contributed by atoms with E-state index >= 15 is 0 Å². The number of carbonyl (C=O) groups is 5. The molecule has 2 heterocycles. The van der Waals surface area contributed by atoms with E-state index in [2.05, 4.69) is 167 Å². The summed E-state index contributed by atoms with van der Waals surface area (Å²) in [7, 11) is 0. The van der Waals surface area contributed by atoms with Crippen molar-refractivity contribution in [2.24, 2.45) is 23.7 Å². The summed E-state index contributed by atoms with van der Waals surface area (Å²) >= 11 is 0. The number of nitrogens with zero attached hydrogens (tertiary/aromatic N) is 2. The van der Waals surface area contributed by atoms with Crippen LogP contribution in [0.5, 0.6) is 0 Å². The lowest BCUT2D eigenvalue weighted by Crippen LogP contribution is -2.42. The summed E-state index contributed by atoms with van der Waals surface area (Å²) in [6.45, 7) is 3.23. The van der Waals surface area contributed by atoms with Gasteiger partial charge in [0.05, 0.1) is 17.8 Å². The molecule has 11 nitrogen and oxygen atoms in total. The van der Waals surface area contributed by atoms with Crippen molar-refractivity contribution in [3.8, 4) is 44.5 Å². The van der Waals surface area contributed by atoms with Crippen LogP contribution in [-0.2, 0) is 40.1 Å². The van der Waals surface area contributed by atoms with Crippen LogP contribution < -0.4 is 21.3 Å². The Morgan fingerprint density at radius 1 is 0.299 bits per heavy atom. The van der Waals surface area contributed by atoms with E-state index in [1.807, 2.05) is 72.8 Å². The number of nitrogens with one attached hydrogen (secondary N) is 4. The van der Waals surface area contributed by atoms with E-state index < -0.39 is 17.8 Å². The smallest absolute Gasteiger partial charge is 0.253 e. The highest BCUT2D eigenvalue weighted by Crippen LogP contribution is 2.30. The third-order valence-electron chi connectivity index (χ3n) is 17.1. The fourth-order valence-electron chi connectivity index (χ4n) is 12.0. The number of amides is 5. The lowest BCUT2D eigenvalue weighted by molar-refractivity contribution is -0.132. The first kappa shape index (κ1) is 59.0. The van der Waals surface area contributed by atoms with Crippen molar-refractivity contribution in [2.45, 2.75) is 25.7 Å². The molecule has 2 aliphatic heterocycles. The minimum Gasteiger partial charge on any atom is -0.355 e. The van der Waals surface area contributed by atoms with Gasteiger partial charge in [-0.05, 0) is 123 Å². The van der Waals surface area contributed by atoms with Crippen LogP contribution in [0.4, 0.5) is 0 Å². The molecule has 438 valence electrons. The molecule has 0 aliphatic carbocycles. The molecule has 0 spiro atoms. The van der Waals surface area contributed by atoms with Crippen molar-refractivity contribution >= 4 is 29.5 Å². The number of carbonyl (C=O) groups excluding carboxylic acids is 5. The largest absolute Gasteiger partial charge is 0.355 e. The van der Waals surface area contributed by atoms with Gasteiger partial charge in [0, 0.05) is 69.4 Å². The van der Waals surface area contributed by atoms with Gasteiger partial charge < -0.3 is 31.1 Å².